The number of nitrogens with zero attached hydrogens (tertiary/aromatic N) is 1. The number of rotatable bonds is 1. The van der Waals surface area contributed by atoms with Gasteiger partial charge in [0.15, 0.2) is 0 Å². The van der Waals surface area contributed by atoms with Crippen molar-refractivity contribution in [2.45, 2.75) is 58.9 Å². The second-order valence-corrected chi connectivity index (χ2v) is 7.70. The highest BCUT2D eigenvalue weighted by molar-refractivity contribution is 5.94. The first-order valence-electron chi connectivity index (χ1n) is 9.50. The van der Waals surface area contributed by atoms with Gasteiger partial charge in [-0.3, -0.25) is 0 Å². The number of carbonyl (C=O) groups is 2. The highest BCUT2D eigenvalue weighted by atomic mass is 16.6. The van der Waals surface area contributed by atoms with Crippen molar-refractivity contribution >= 4 is 12.1 Å². The number of benzene rings is 1. The minimum Gasteiger partial charge on any atom is -0.457 e. The van der Waals surface area contributed by atoms with Crippen molar-refractivity contribution in [1.82, 2.24) is 10.2 Å². The van der Waals surface area contributed by atoms with E-state index in [9.17, 15) is 9.59 Å². The summed E-state index contributed by atoms with van der Waals surface area (Å²) in [5.74, 6) is -0.648. The lowest BCUT2D eigenvalue weighted by atomic mass is 9.92. The minimum atomic E-state index is -2.14. The summed E-state index contributed by atoms with van der Waals surface area (Å²) >= 11 is 0. The van der Waals surface area contributed by atoms with Crippen molar-refractivity contribution < 1.29 is 21.8 Å². The van der Waals surface area contributed by atoms with Crippen LogP contribution in [0.15, 0.2) is 12.1 Å². The highest BCUT2D eigenvalue weighted by Gasteiger charge is 2.33. The maximum atomic E-state index is 12.5. The first-order chi connectivity index (χ1) is 12.4. The van der Waals surface area contributed by atoms with Gasteiger partial charge in [0.05, 0.1) is 14.3 Å². The van der Waals surface area contributed by atoms with E-state index in [-0.39, 0.29) is 29.3 Å². The van der Waals surface area contributed by atoms with Crippen LogP contribution in [0.5, 0.6) is 0 Å². The van der Waals surface area contributed by atoms with Gasteiger partial charge in [-0.2, -0.15) is 0 Å². The van der Waals surface area contributed by atoms with Gasteiger partial charge in [0.1, 0.15) is 12.2 Å². The summed E-state index contributed by atoms with van der Waals surface area (Å²) in [5.41, 5.74) is 1.47. The largest absolute Gasteiger partial charge is 0.457 e. The Labute approximate surface area is 151 Å². The van der Waals surface area contributed by atoms with E-state index >= 15 is 0 Å². The molecule has 0 bridgehead atoms. The Bertz CT molecular complexity index is 789. The third kappa shape index (κ3) is 3.63. The van der Waals surface area contributed by atoms with Gasteiger partial charge < -0.3 is 19.7 Å². The third-order valence-electron chi connectivity index (χ3n) is 4.38. The normalized spacial score (nSPS) is 26.4. The monoisotopic (exact) mass is 348 g/mol. The molecule has 1 aromatic carbocycles. The first kappa shape index (κ1) is 15.2. The third-order valence-corrected chi connectivity index (χ3v) is 4.38. The molecule has 6 heteroatoms. The molecule has 1 saturated heterocycles. The lowest BCUT2D eigenvalue weighted by Crippen LogP contribution is -2.54. The van der Waals surface area contributed by atoms with Crippen LogP contribution in [0.4, 0.5) is 4.79 Å². The van der Waals surface area contributed by atoms with Gasteiger partial charge in [-0.1, -0.05) is 6.07 Å². The molecule has 0 aromatic heterocycles. The van der Waals surface area contributed by atoms with Crippen LogP contribution in [0.3, 0.4) is 0 Å². The van der Waals surface area contributed by atoms with Crippen molar-refractivity contribution in [2.75, 3.05) is 13.1 Å². The molecular formula is C19H26N2O4. The summed E-state index contributed by atoms with van der Waals surface area (Å²) in [7, 11) is 0. The Morgan fingerprint density at radius 2 is 2.12 bits per heavy atom. The predicted octanol–water partition coefficient (Wildman–Crippen LogP) is 2.94. The number of ether oxygens (including phenoxy) is 2. The maximum absolute atomic E-state index is 12.5. The molecule has 1 fully saturated rings. The molecule has 0 unspecified atom stereocenters. The van der Waals surface area contributed by atoms with E-state index in [1.807, 2.05) is 27.7 Å². The number of cyclic esters (lactones) is 1. The summed E-state index contributed by atoms with van der Waals surface area (Å²) in [5, 5.41) is 3.45. The average Bonchev–Trinajstić information content (AvgIpc) is 2.75. The highest BCUT2D eigenvalue weighted by Crippen LogP contribution is 2.31. The number of hydrogen-bond donors (Lipinski definition) is 1. The smallest absolute Gasteiger partial charge is 0.410 e. The van der Waals surface area contributed by atoms with Crippen LogP contribution in [0.1, 0.15) is 63.5 Å². The zero-order valence-corrected chi connectivity index (χ0v) is 15.3. The van der Waals surface area contributed by atoms with E-state index in [0.717, 1.165) is 5.56 Å². The van der Waals surface area contributed by atoms with Gasteiger partial charge in [0, 0.05) is 24.7 Å². The molecule has 0 saturated carbocycles. The topological polar surface area (TPSA) is 67.9 Å². The molecule has 2 aliphatic heterocycles. The SMILES string of the molecule is [2H]C1([2H])OC(=O)c2ccc([C@@H]3CN(C(=O)OC(C)(C)C)C[C@H](C)N3)c(C)c21. The number of piperazine rings is 1. The number of fused-ring (bicyclic) bond motifs is 1. The summed E-state index contributed by atoms with van der Waals surface area (Å²) < 4.78 is 26.4. The lowest BCUT2D eigenvalue weighted by molar-refractivity contribution is 0.0158. The van der Waals surface area contributed by atoms with E-state index < -0.39 is 18.1 Å². The number of carbonyl (C=O) groups excluding carboxylic acids is 2. The quantitative estimate of drug-likeness (QED) is 0.791. The van der Waals surface area contributed by atoms with Crippen LogP contribution in [0, 0.1) is 6.92 Å². The molecule has 1 N–H and O–H groups in total. The number of esters is 1. The number of nitrogens with one attached hydrogen (secondary N) is 1. The van der Waals surface area contributed by atoms with Gasteiger partial charge >= 0.3 is 12.1 Å². The lowest BCUT2D eigenvalue weighted by Gasteiger charge is -2.39. The van der Waals surface area contributed by atoms with Gasteiger partial charge in [-0.15, -0.1) is 0 Å². The molecule has 2 atom stereocenters. The maximum Gasteiger partial charge on any atom is 0.410 e. The fraction of sp³-hybridized carbons (Fsp3) is 0.579. The predicted molar refractivity (Wildman–Crippen MR) is 93.4 cm³/mol. The van der Waals surface area contributed by atoms with Gasteiger partial charge in [0.2, 0.25) is 0 Å². The summed E-state index contributed by atoms with van der Waals surface area (Å²) in [6.45, 7) is 8.05. The summed E-state index contributed by atoms with van der Waals surface area (Å²) in [6.07, 6.45) is -0.367. The van der Waals surface area contributed by atoms with Crippen molar-refractivity contribution in [1.29, 1.82) is 0 Å². The van der Waals surface area contributed by atoms with Crippen molar-refractivity contribution in [2.24, 2.45) is 0 Å². The molecule has 136 valence electrons. The molecule has 2 heterocycles. The fourth-order valence-electron chi connectivity index (χ4n) is 3.30. The van der Waals surface area contributed by atoms with E-state index in [0.29, 0.717) is 18.7 Å². The van der Waals surface area contributed by atoms with Crippen LogP contribution < -0.4 is 5.32 Å². The van der Waals surface area contributed by atoms with Gasteiger partial charge in [-0.25, -0.2) is 9.59 Å². The van der Waals surface area contributed by atoms with Gasteiger partial charge in [-0.05, 0) is 51.8 Å². The zero-order chi connectivity index (χ0) is 20.1. The Balaban J connectivity index is 1.90. The van der Waals surface area contributed by atoms with Crippen LogP contribution in [-0.4, -0.2) is 41.7 Å². The zero-order valence-electron chi connectivity index (χ0n) is 17.3. The van der Waals surface area contributed by atoms with Crippen molar-refractivity contribution in [3.05, 3.63) is 34.4 Å². The minimum absolute atomic E-state index is 0.0403. The van der Waals surface area contributed by atoms with Gasteiger partial charge in [0.25, 0.3) is 0 Å². The molecule has 0 radical (unpaired) electrons. The average molecular weight is 348 g/mol. The molecular weight excluding hydrogens is 320 g/mol. The number of amides is 1. The Hall–Kier alpha value is -2.08. The van der Waals surface area contributed by atoms with Crippen LogP contribution in [0.2, 0.25) is 0 Å². The fourth-order valence-corrected chi connectivity index (χ4v) is 3.30. The molecule has 3 rings (SSSR count). The second kappa shape index (κ2) is 6.33. The molecule has 1 amide bonds. The number of hydrogen-bond acceptors (Lipinski definition) is 5. The van der Waals surface area contributed by atoms with Crippen molar-refractivity contribution in [3.63, 3.8) is 0 Å². The molecule has 0 aliphatic carbocycles. The molecule has 6 nitrogen and oxygen atoms in total. The molecule has 2 aliphatic rings. The second-order valence-electron chi connectivity index (χ2n) is 7.70. The van der Waals surface area contributed by atoms with Crippen LogP contribution in [0.25, 0.3) is 0 Å². The summed E-state index contributed by atoms with van der Waals surface area (Å²) in [4.78, 5) is 26.1. The molecule has 25 heavy (non-hydrogen) atoms. The Morgan fingerprint density at radius 1 is 1.40 bits per heavy atom. The van der Waals surface area contributed by atoms with E-state index in [1.165, 1.54) is 0 Å². The van der Waals surface area contributed by atoms with Crippen molar-refractivity contribution in [3.8, 4) is 0 Å². The van der Waals surface area contributed by atoms with Crippen LogP contribution in [-0.2, 0) is 16.0 Å². The first-order valence-corrected chi connectivity index (χ1v) is 8.50. The molecule has 0 spiro atoms. The standard InChI is InChI=1S/C19H26N2O4/c1-11-8-21(18(23)25-19(3,4)5)9-16(20-11)13-6-7-14-15(12(13)2)10-24-17(14)22/h6-7,11,16,20H,8-10H2,1-5H3/t11-,16-/m0/s1/i10D2. The van der Waals surface area contributed by atoms with E-state index in [1.54, 1.807) is 24.0 Å². The van der Waals surface area contributed by atoms with E-state index in [2.05, 4.69) is 5.32 Å². The van der Waals surface area contributed by atoms with E-state index in [4.69, 9.17) is 12.2 Å². The van der Waals surface area contributed by atoms with Crippen LogP contribution >= 0.6 is 0 Å². The summed E-state index contributed by atoms with van der Waals surface area (Å²) in [6, 6.07) is 3.25. The molecule has 1 aromatic rings. The Morgan fingerprint density at radius 3 is 2.80 bits per heavy atom. The Kier molecular flexibility index (Phi) is 3.85.